The Morgan fingerprint density at radius 1 is 0.274 bits per heavy atom. The molecule has 0 atom stereocenters. The predicted octanol–water partition coefficient (Wildman–Crippen LogP) is 17.2. The van der Waals surface area contributed by atoms with Crippen molar-refractivity contribution in [2.45, 2.75) is 0 Å². The first-order valence-corrected chi connectivity index (χ1v) is 21.3. The molecule has 0 aliphatic rings. The minimum absolute atomic E-state index is 0.865. The van der Waals surface area contributed by atoms with Crippen molar-refractivity contribution in [1.29, 1.82) is 0 Å². The summed E-state index contributed by atoms with van der Waals surface area (Å²) in [6, 6.07) is 85.6. The Labute approximate surface area is 360 Å². The first kappa shape index (κ1) is 35.7. The number of nitrogens with zero attached hydrogens (tertiary/aromatic N) is 1. The summed E-state index contributed by atoms with van der Waals surface area (Å²) >= 11 is 0. The summed E-state index contributed by atoms with van der Waals surface area (Å²) in [6.45, 7) is 0. The molecule has 1 heterocycles. The van der Waals surface area contributed by atoms with Crippen molar-refractivity contribution in [3.8, 4) is 44.5 Å². The van der Waals surface area contributed by atoms with Crippen LogP contribution in [0.15, 0.2) is 241 Å². The molecule has 0 bridgehead atoms. The molecule has 0 saturated carbocycles. The molecule has 0 saturated heterocycles. The molecule has 0 amide bonds. The van der Waals surface area contributed by atoms with Gasteiger partial charge in [0.15, 0.2) is 0 Å². The summed E-state index contributed by atoms with van der Waals surface area (Å²) in [5.41, 5.74) is 14.3. The molecule has 0 aliphatic heterocycles. The van der Waals surface area contributed by atoms with Gasteiger partial charge in [-0.05, 0) is 114 Å². The summed E-state index contributed by atoms with van der Waals surface area (Å²) in [7, 11) is 0. The minimum Gasteiger partial charge on any atom is -0.456 e. The van der Waals surface area contributed by atoms with Crippen molar-refractivity contribution >= 4 is 71.3 Å². The van der Waals surface area contributed by atoms with Gasteiger partial charge in [-0.1, -0.05) is 188 Å². The fourth-order valence-corrected chi connectivity index (χ4v) is 9.60. The van der Waals surface area contributed by atoms with E-state index in [1.165, 1.54) is 60.1 Å². The Balaban J connectivity index is 1.18. The Kier molecular flexibility index (Phi) is 8.53. The highest BCUT2D eigenvalue weighted by molar-refractivity contribution is 6.17. The van der Waals surface area contributed by atoms with E-state index in [2.05, 4.69) is 235 Å². The van der Waals surface area contributed by atoms with E-state index >= 15 is 0 Å². The van der Waals surface area contributed by atoms with E-state index in [0.29, 0.717) is 0 Å². The van der Waals surface area contributed by atoms with Gasteiger partial charge in [0.2, 0.25) is 0 Å². The van der Waals surface area contributed by atoms with Crippen LogP contribution in [0.2, 0.25) is 0 Å². The van der Waals surface area contributed by atoms with Crippen molar-refractivity contribution in [2.75, 3.05) is 4.90 Å². The number of fused-ring (bicyclic) bond motifs is 7. The molecule has 0 radical (unpaired) electrons. The van der Waals surface area contributed by atoms with E-state index in [1.807, 2.05) is 6.07 Å². The van der Waals surface area contributed by atoms with Crippen molar-refractivity contribution in [3.05, 3.63) is 237 Å². The molecular weight excluding hydrogens is 751 g/mol. The first-order chi connectivity index (χ1) is 30.8. The van der Waals surface area contributed by atoms with Gasteiger partial charge in [0.1, 0.15) is 11.2 Å². The Hall–Kier alpha value is -8.20. The lowest BCUT2D eigenvalue weighted by Gasteiger charge is -2.31. The van der Waals surface area contributed by atoms with Gasteiger partial charge in [-0.15, -0.1) is 0 Å². The lowest BCUT2D eigenvalue weighted by molar-refractivity contribution is 0.669. The van der Waals surface area contributed by atoms with E-state index in [4.69, 9.17) is 4.42 Å². The van der Waals surface area contributed by atoms with Crippen LogP contribution in [0.3, 0.4) is 0 Å². The maximum Gasteiger partial charge on any atom is 0.136 e. The van der Waals surface area contributed by atoms with E-state index in [-0.39, 0.29) is 0 Å². The third-order valence-corrected chi connectivity index (χ3v) is 12.5. The van der Waals surface area contributed by atoms with E-state index in [0.717, 1.165) is 55.7 Å². The van der Waals surface area contributed by atoms with Gasteiger partial charge >= 0.3 is 0 Å². The molecule has 11 aromatic carbocycles. The molecule has 1 aromatic heterocycles. The average Bonchev–Trinajstić information content (AvgIpc) is 3.72. The molecule has 0 aliphatic carbocycles. The fourth-order valence-electron chi connectivity index (χ4n) is 9.60. The molecule has 0 unspecified atom stereocenters. The maximum absolute atomic E-state index is 6.61. The van der Waals surface area contributed by atoms with Gasteiger partial charge in [0.25, 0.3) is 0 Å². The molecule has 0 spiro atoms. The van der Waals surface area contributed by atoms with Gasteiger partial charge < -0.3 is 9.32 Å². The monoisotopic (exact) mass is 789 g/mol. The van der Waals surface area contributed by atoms with Gasteiger partial charge in [-0.3, -0.25) is 0 Å². The van der Waals surface area contributed by atoms with Crippen molar-refractivity contribution in [2.24, 2.45) is 0 Å². The Bertz CT molecular complexity index is 3620. The highest BCUT2D eigenvalue weighted by Gasteiger charge is 2.25. The topological polar surface area (TPSA) is 16.4 Å². The average molecular weight is 790 g/mol. The molecule has 62 heavy (non-hydrogen) atoms. The van der Waals surface area contributed by atoms with Crippen LogP contribution in [-0.2, 0) is 0 Å². The third-order valence-electron chi connectivity index (χ3n) is 12.5. The standard InChI is InChI=1S/C60H39NO/c1-3-16-40(17-4-1)41-30-33-45(34-31-41)61(56-37-36-47(42-18-5-2-6-19-42)49-23-11-12-25-51(49)56)57-28-15-27-54(55-38-43-20-7-8-21-46(43)48-22-9-10-24-50(48)55)60(57)44-32-35-53-52-26-13-14-29-58(52)62-59(53)39-44/h1-39H. The molecular formula is C60H39NO. The second kappa shape index (κ2) is 14.8. The van der Waals surface area contributed by atoms with Gasteiger partial charge in [-0.2, -0.15) is 0 Å². The normalized spacial score (nSPS) is 11.5. The van der Waals surface area contributed by atoms with Gasteiger partial charge in [0.05, 0.1) is 11.4 Å². The lowest BCUT2D eigenvalue weighted by Crippen LogP contribution is -2.12. The SMILES string of the molecule is c1ccc(-c2ccc(N(c3cccc(-c4cc5ccccc5c5ccccc45)c3-c3ccc4c(c3)oc3ccccc34)c3ccc(-c4ccccc4)c4ccccc34)cc2)cc1. The molecule has 0 fully saturated rings. The van der Waals surface area contributed by atoms with Crippen molar-refractivity contribution < 1.29 is 4.42 Å². The zero-order chi connectivity index (χ0) is 41.0. The number of hydrogen-bond donors (Lipinski definition) is 0. The number of furan rings is 1. The van der Waals surface area contributed by atoms with Crippen LogP contribution >= 0.6 is 0 Å². The lowest BCUT2D eigenvalue weighted by atomic mass is 9.87. The molecule has 2 nitrogen and oxygen atoms in total. The van der Waals surface area contributed by atoms with E-state index < -0.39 is 0 Å². The van der Waals surface area contributed by atoms with Crippen LogP contribution in [-0.4, -0.2) is 0 Å². The van der Waals surface area contributed by atoms with Crippen molar-refractivity contribution in [3.63, 3.8) is 0 Å². The summed E-state index contributed by atoms with van der Waals surface area (Å²) in [5.74, 6) is 0. The van der Waals surface area contributed by atoms with Crippen LogP contribution in [0.1, 0.15) is 0 Å². The first-order valence-electron chi connectivity index (χ1n) is 21.3. The minimum atomic E-state index is 0.865. The van der Waals surface area contributed by atoms with Crippen LogP contribution in [0.4, 0.5) is 17.1 Å². The molecule has 12 aromatic rings. The van der Waals surface area contributed by atoms with Gasteiger partial charge in [0, 0.05) is 27.4 Å². The largest absolute Gasteiger partial charge is 0.456 e. The zero-order valence-corrected chi connectivity index (χ0v) is 33.9. The summed E-state index contributed by atoms with van der Waals surface area (Å²) in [6.07, 6.45) is 0. The molecule has 12 rings (SSSR count). The molecule has 0 N–H and O–H groups in total. The second-order valence-electron chi connectivity index (χ2n) is 16.0. The number of anilines is 3. The predicted molar refractivity (Wildman–Crippen MR) is 263 cm³/mol. The Morgan fingerprint density at radius 3 is 1.63 bits per heavy atom. The van der Waals surface area contributed by atoms with Crippen LogP contribution in [0, 0.1) is 0 Å². The van der Waals surface area contributed by atoms with Crippen molar-refractivity contribution in [1.82, 2.24) is 0 Å². The van der Waals surface area contributed by atoms with Crippen LogP contribution in [0.25, 0.3) is 98.8 Å². The number of benzene rings is 11. The number of para-hydroxylation sites is 1. The fraction of sp³-hybridized carbons (Fsp3) is 0. The number of hydrogen-bond acceptors (Lipinski definition) is 2. The van der Waals surface area contributed by atoms with Gasteiger partial charge in [-0.25, -0.2) is 0 Å². The summed E-state index contributed by atoms with van der Waals surface area (Å²) in [5, 5.41) is 9.50. The maximum atomic E-state index is 6.61. The highest BCUT2D eigenvalue weighted by Crippen LogP contribution is 2.50. The van der Waals surface area contributed by atoms with Crippen LogP contribution < -0.4 is 4.90 Å². The highest BCUT2D eigenvalue weighted by atomic mass is 16.3. The summed E-state index contributed by atoms with van der Waals surface area (Å²) < 4.78 is 6.61. The quantitative estimate of drug-likeness (QED) is 0.150. The third kappa shape index (κ3) is 5.96. The molecule has 2 heteroatoms. The van der Waals surface area contributed by atoms with Crippen LogP contribution in [0.5, 0.6) is 0 Å². The number of rotatable bonds is 7. The summed E-state index contributed by atoms with van der Waals surface area (Å²) in [4.78, 5) is 2.47. The van der Waals surface area contributed by atoms with E-state index in [1.54, 1.807) is 0 Å². The molecule has 290 valence electrons. The Morgan fingerprint density at radius 2 is 0.855 bits per heavy atom. The zero-order valence-electron chi connectivity index (χ0n) is 33.9. The van der Waals surface area contributed by atoms with E-state index in [9.17, 15) is 0 Å². The second-order valence-corrected chi connectivity index (χ2v) is 16.0. The smallest absolute Gasteiger partial charge is 0.136 e.